The fraction of sp³-hybridized carbons (Fsp3) is 0.429. The van der Waals surface area contributed by atoms with E-state index in [9.17, 15) is 9.59 Å². The number of nitrogens with one attached hydrogen (secondary N) is 2. The van der Waals surface area contributed by atoms with Crippen molar-refractivity contribution in [3.8, 4) is 5.75 Å². The van der Waals surface area contributed by atoms with E-state index in [1.165, 1.54) is 6.92 Å². The summed E-state index contributed by atoms with van der Waals surface area (Å²) in [7, 11) is 0. The predicted molar refractivity (Wildman–Crippen MR) is 77.0 cm³/mol. The van der Waals surface area contributed by atoms with Gasteiger partial charge in [0.05, 0.1) is 5.69 Å². The standard InChI is InChI=1S/C14H17ClN2O3/c1-3-4-7-16-12(18)14(2)13(19)17-10-8-9(15)5-6-11(10)20-14/h5-6,8H,3-4,7H2,1-2H3,(H,16,18)(H,17,19). The summed E-state index contributed by atoms with van der Waals surface area (Å²) in [6, 6.07) is 4.87. The molecule has 2 N–H and O–H groups in total. The van der Waals surface area contributed by atoms with Crippen LogP contribution >= 0.6 is 11.6 Å². The number of rotatable bonds is 4. The third kappa shape index (κ3) is 2.72. The molecule has 2 amide bonds. The van der Waals surface area contributed by atoms with Gasteiger partial charge in [-0.3, -0.25) is 9.59 Å². The van der Waals surface area contributed by atoms with Crippen molar-refractivity contribution in [1.82, 2.24) is 5.32 Å². The average molecular weight is 297 g/mol. The Morgan fingerprint density at radius 3 is 2.95 bits per heavy atom. The van der Waals surface area contributed by atoms with Crippen LogP contribution < -0.4 is 15.4 Å². The molecule has 1 aliphatic heterocycles. The van der Waals surface area contributed by atoms with Crippen LogP contribution in [0.25, 0.3) is 0 Å². The van der Waals surface area contributed by atoms with Gasteiger partial charge < -0.3 is 15.4 Å². The minimum Gasteiger partial charge on any atom is -0.466 e. The van der Waals surface area contributed by atoms with Crippen LogP contribution in [0.3, 0.4) is 0 Å². The summed E-state index contributed by atoms with van der Waals surface area (Å²) >= 11 is 5.86. The highest BCUT2D eigenvalue weighted by molar-refractivity contribution is 6.31. The number of hydrogen-bond acceptors (Lipinski definition) is 3. The number of hydrogen-bond donors (Lipinski definition) is 2. The van der Waals surface area contributed by atoms with Gasteiger partial charge >= 0.3 is 0 Å². The van der Waals surface area contributed by atoms with E-state index in [1.54, 1.807) is 18.2 Å². The zero-order chi connectivity index (χ0) is 14.8. The minimum atomic E-state index is -1.56. The first-order valence-corrected chi connectivity index (χ1v) is 6.93. The predicted octanol–water partition coefficient (Wildman–Crippen LogP) is 2.35. The van der Waals surface area contributed by atoms with Crippen molar-refractivity contribution >= 4 is 29.1 Å². The van der Waals surface area contributed by atoms with E-state index >= 15 is 0 Å². The minimum absolute atomic E-state index is 0.433. The third-order valence-electron chi connectivity index (χ3n) is 3.19. The van der Waals surface area contributed by atoms with Gasteiger partial charge in [-0.25, -0.2) is 0 Å². The largest absolute Gasteiger partial charge is 0.466 e. The molecule has 108 valence electrons. The fourth-order valence-electron chi connectivity index (χ4n) is 1.89. The summed E-state index contributed by atoms with van der Waals surface area (Å²) in [5, 5.41) is 5.86. The van der Waals surface area contributed by atoms with E-state index in [0.29, 0.717) is 23.0 Å². The van der Waals surface area contributed by atoms with Gasteiger partial charge in [-0.2, -0.15) is 0 Å². The number of carbonyl (C=O) groups excluding carboxylic acids is 2. The van der Waals surface area contributed by atoms with Crippen molar-refractivity contribution in [3.63, 3.8) is 0 Å². The van der Waals surface area contributed by atoms with Crippen LogP contribution in [-0.2, 0) is 9.59 Å². The van der Waals surface area contributed by atoms with Crippen LogP contribution in [-0.4, -0.2) is 24.0 Å². The van der Waals surface area contributed by atoms with Crippen LogP contribution in [0.15, 0.2) is 18.2 Å². The Kier molecular flexibility index (Phi) is 4.18. The first-order chi connectivity index (χ1) is 9.47. The van der Waals surface area contributed by atoms with E-state index in [0.717, 1.165) is 12.8 Å². The van der Waals surface area contributed by atoms with Gasteiger partial charge in [0.25, 0.3) is 17.4 Å². The summed E-state index contributed by atoms with van der Waals surface area (Å²) in [5.74, 6) is -0.507. The van der Waals surface area contributed by atoms with Crippen LogP contribution in [0.2, 0.25) is 5.02 Å². The van der Waals surface area contributed by atoms with Gasteiger partial charge in [0.1, 0.15) is 5.75 Å². The molecule has 6 heteroatoms. The van der Waals surface area contributed by atoms with E-state index in [-0.39, 0.29) is 0 Å². The molecule has 1 heterocycles. The maximum Gasteiger partial charge on any atom is 0.278 e. The van der Waals surface area contributed by atoms with Gasteiger partial charge in [0, 0.05) is 11.6 Å². The van der Waals surface area contributed by atoms with E-state index in [4.69, 9.17) is 16.3 Å². The number of fused-ring (bicyclic) bond motifs is 1. The summed E-state index contributed by atoms with van der Waals surface area (Å²) < 4.78 is 5.60. The molecule has 1 aromatic rings. The molecule has 20 heavy (non-hydrogen) atoms. The lowest BCUT2D eigenvalue weighted by Gasteiger charge is -2.33. The number of anilines is 1. The second kappa shape index (κ2) is 5.71. The van der Waals surface area contributed by atoms with Gasteiger partial charge in [-0.1, -0.05) is 24.9 Å². The van der Waals surface area contributed by atoms with Crippen molar-refractivity contribution in [2.75, 3.05) is 11.9 Å². The summed E-state index contributed by atoms with van der Waals surface area (Å²) in [5.41, 5.74) is -1.09. The monoisotopic (exact) mass is 296 g/mol. The van der Waals surface area contributed by atoms with Gasteiger partial charge in [0.2, 0.25) is 0 Å². The second-order valence-electron chi connectivity index (χ2n) is 4.84. The van der Waals surface area contributed by atoms with Gasteiger partial charge in [-0.15, -0.1) is 0 Å². The molecule has 0 saturated carbocycles. The lowest BCUT2D eigenvalue weighted by molar-refractivity contribution is -0.146. The molecule has 1 unspecified atom stereocenters. The topological polar surface area (TPSA) is 67.4 Å². The summed E-state index contributed by atoms with van der Waals surface area (Å²) in [4.78, 5) is 24.3. The number of benzene rings is 1. The molecule has 0 aliphatic carbocycles. The molecule has 2 rings (SSSR count). The van der Waals surface area contributed by atoms with E-state index in [1.807, 2.05) is 6.92 Å². The number of halogens is 1. The molecule has 0 spiro atoms. The van der Waals surface area contributed by atoms with E-state index < -0.39 is 17.4 Å². The Morgan fingerprint density at radius 1 is 1.50 bits per heavy atom. The van der Waals surface area contributed by atoms with Crippen molar-refractivity contribution in [3.05, 3.63) is 23.2 Å². The Hall–Kier alpha value is -1.75. The highest BCUT2D eigenvalue weighted by atomic mass is 35.5. The molecular formula is C14H17ClN2O3. The molecule has 0 aromatic heterocycles. The van der Waals surface area contributed by atoms with Crippen LogP contribution in [0.1, 0.15) is 26.7 Å². The highest BCUT2D eigenvalue weighted by Gasteiger charge is 2.47. The van der Waals surface area contributed by atoms with Crippen molar-refractivity contribution in [2.24, 2.45) is 0 Å². The van der Waals surface area contributed by atoms with Gasteiger partial charge in [0.15, 0.2) is 0 Å². The fourth-order valence-corrected chi connectivity index (χ4v) is 2.07. The summed E-state index contributed by atoms with van der Waals surface area (Å²) in [6.45, 7) is 4.01. The Bertz CT molecular complexity index is 547. The normalized spacial score (nSPS) is 20.6. The van der Waals surface area contributed by atoms with Crippen molar-refractivity contribution in [1.29, 1.82) is 0 Å². The molecule has 0 radical (unpaired) electrons. The molecule has 0 bridgehead atoms. The van der Waals surface area contributed by atoms with Crippen LogP contribution in [0.4, 0.5) is 5.69 Å². The smallest absolute Gasteiger partial charge is 0.278 e. The molecule has 5 nitrogen and oxygen atoms in total. The second-order valence-corrected chi connectivity index (χ2v) is 5.28. The maximum absolute atomic E-state index is 12.2. The van der Waals surface area contributed by atoms with E-state index in [2.05, 4.69) is 10.6 Å². The number of ether oxygens (including phenoxy) is 1. The Balaban J connectivity index is 2.18. The SMILES string of the molecule is CCCCNC(=O)C1(C)Oc2ccc(Cl)cc2NC1=O. The lowest BCUT2D eigenvalue weighted by Crippen LogP contribution is -2.58. The van der Waals surface area contributed by atoms with Gasteiger partial charge in [-0.05, 0) is 31.5 Å². The number of carbonyl (C=O) groups is 2. The number of amides is 2. The first kappa shape index (κ1) is 14.7. The lowest BCUT2D eigenvalue weighted by atomic mass is 10.0. The molecule has 1 aromatic carbocycles. The third-order valence-corrected chi connectivity index (χ3v) is 3.42. The zero-order valence-electron chi connectivity index (χ0n) is 11.5. The molecular weight excluding hydrogens is 280 g/mol. The highest BCUT2D eigenvalue weighted by Crippen LogP contribution is 2.35. The molecule has 1 aliphatic rings. The summed E-state index contributed by atoms with van der Waals surface area (Å²) in [6.07, 6.45) is 1.82. The molecule has 1 atom stereocenters. The first-order valence-electron chi connectivity index (χ1n) is 6.55. The van der Waals surface area contributed by atoms with Crippen molar-refractivity contribution < 1.29 is 14.3 Å². The van der Waals surface area contributed by atoms with Crippen LogP contribution in [0, 0.1) is 0 Å². The molecule has 0 fully saturated rings. The Morgan fingerprint density at radius 2 is 2.25 bits per heavy atom. The quantitative estimate of drug-likeness (QED) is 0.662. The molecule has 0 saturated heterocycles. The Labute approximate surface area is 122 Å². The zero-order valence-corrected chi connectivity index (χ0v) is 12.2. The number of unbranched alkanes of at least 4 members (excludes halogenated alkanes) is 1. The average Bonchev–Trinajstić information content (AvgIpc) is 2.40. The van der Waals surface area contributed by atoms with Crippen LogP contribution in [0.5, 0.6) is 5.75 Å². The van der Waals surface area contributed by atoms with Crippen molar-refractivity contribution in [2.45, 2.75) is 32.3 Å². The maximum atomic E-state index is 12.2.